The highest BCUT2D eigenvalue weighted by molar-refractivity contribution is 6.25. The van der Waals surface area contributed by atoms with Gasteiger partial charge >= 0.3 is 0 Å². The summed E-state index contributed by atoms with van der Waals surface area (Å²) in [5.74, 6) is -0.178. The average Bonchev–Trinajstić information content (AvgIpc) is 2.60. The SMILES string of the molecule is Fc1ccccc1-c1ccc2ccc3cccc4ccc1c2c34. The minimum Gasteiger partial charge on any atom is -0.206 e. The van der Waals surface area contributed by atoms with E-state index in [2.05, 4.69) is 48.5 Å². The van der Waals surface area contributed by atoms with Crippen LogP contribution in [0, 0.1) is 5.82 Å². The maximum atomic E-state index is 14.3. The van der Waals surface area contributed by atoms with E-state index in [-0.39, 0.29) is 5.82 Å². The molecule has 0 unspecified atom stereocenters. The van der Waals surface area contributed by atoms with E-state index >= 15 is 0 Å². The highest BCUT2D eigenvalue weighted by Crippen LogP contribution is 2.39. The summed E-state index contributed by atoms with van der Waals surface area (Å²) in [4.78, 5) is 0. The fourth-order valence-electron chi connectivity index (χ4n) is 3.65. The zero-order valence-electron chi connectivity index (χ0n) is 12.4. The van der Waals surface area contributed by atoms with Crippen molar-refractivity contribution in [2.24, 2.45) is 0 Å². The number of hydrogen-bond donors (Lipinski definition) is 0. The van der Waals surface area contributed by atoms with Crippen molar-refractivity contribution in [2.75, 3.05) is 0 Å². The molecule has 0 spiro atoms. The van der Waals surface area contributed by atoms with Crippen molar-refractivity contribution in [3.8, 4) is 11.1 Å². The van der Waals surface area contributed by atoms with Gasteiger partial charge in [-0.2, -0.15) is 0 Å². The van der Waals surface area contributed by atoms with Crippen LogP contribution in [0.4, 0.5) is 4.39 Å². The van der Waals surface area contributed by atoms with Crippen LogP contribution in [-0.2, 0) is 0 Å². The second-order valence-electron chi connectivity index (χ2n) is 5.95. The summed E-state index contributed by atoms with van der Waals surface area (Å²) in [6.07, 6.45) is 0. The highest BCUT2D eigenvalue weighted by Gasteiger charge is 2.13. The van der Waals surface area contributed by atoms with E-state index in [1.165, 1.54) is 33.0 Å². The molecule has 0 nitrogen and oxygen atoms in total. The molecular weight excluding hydrogens is 283 g/mol. The molecule has 0 bridgehead atoms. The molecule has 1 heteroatoms. The standard InChI is InChI=1S/C22H13F/c23-20-7-2-1-6-18(20)17-12-10-16-9-8-14-4-3-5-15-11-13-19(17)22(16)21(14)15/h1-13H. The van der Waals surface area contributed by atoms with Crippen molar-refractivity contribution < 1.29 is 4.39 Å². The Hall–Kier alpha value is -2.93. The molecule has 5 aromatic rings. The van der Waals surface area contributed by atoms with Crippen molar-refractivity contribution >= 4 is 32.3 Å². The van der Waals surface area contributed by atoms with Gasteiger partial charge in [0.25, 0.3) is 0 Å². The largest absolute Gasteiger partial charge is 0.206 e. The fraction of sp³-hybridized carbons (Fsp3) is 0. The van der Waals surface area contributed by atoms with E-state index in [1.807, 2.05) is 18.2 Å². The van der Waals surface area contributed by atoms with Crippen LogP contribution in [0.25, 0.3) is 43.4 Å². The van der Waals surface area contributed by atoms with Gasteiger partial charge in [-0.1, -0.05) is 72.8 Å². The molecule has 0 aliphatic rings. The van der Waals surface area contributed by atoms with Crippen molar-refractivity contribution in [3.63, 3.8) is 0 Å². The van der Waals surface area contributed by atoms with Crippen LogP contribution in [0.5, 0.6) is 0 Å². The number of hydrogen-bond acceptors (Lipinski definition) is 0. The van der Waals surface area contributed by atoms with E-state index in [9.17, 15) is 4.39 Å². The number of benzene rings is 5. The Morgan fingerprint density at radius 1 is 0.478 bits per heavy atom. The van der Waals surface area contributed by atoms with E-state index < -0.39 is 0 Å². The lowest BCUT2D eigenvalue weighted by molar-refractivity contribution is 0.631. The predicted molar refractivity (Wildman–Crippen MR) is 95.5 cm³/mol. The van der Waals surface area contributed by atoms with Gasteiger partial charge in [-0.05, 0) is 43.9 Å². The molecule has 0 aliphatic heterocycles. The van der Waals surface area contributed by atoms with Gasteiger partial charge < -0.3 is 0 Å². The van der Waals surface area contributed by atoms with Gasteiger partial charge in [-0.15, -0.1) is 0 Å². The lowest BCUT2D eigenvalue weighted by Gasteiger charge is -2.14. The molecule has 0 aliphatic carbocycles. The molecule has 0 N–H and O–H groups in total. The quantitative estimate of drug-likeness (QED) is 0.314. The van der Waals surface area contributed by atoms with Crippen LogP contribution in [0.2, 0.25) is 0 Å². The third kappa shape index (κ3) is 1.71. The van der Waals surface area contributed by atoms with Gasteiger partial charge in [0.15, 0.2) is 0 Å². The Morgan fingerprint density at radius 2 is 1.13 bits per heavy atom. The Labute approximate surface area is 133 Å². The molecule has 0 amide bonds. The molecule has 23 heavy (non-hydrogen) atoms. The van der Waals surface area contributed by atoms with Crippen molar-refractivity contribution in [3.05, 3.63) is 84.7 Å². The molecular formula is C22H13F. The Morgan fingerprint density at radius 3 is 1.91 bits per heavy atom. The lowest BCUT2D eigenvalue weighted by Crippen LogP contribution is -1.89. The van der Waals surface area contributed by atoms with Crippen LogP contribution in [0.15, 0.2) is 78.9 Å². The molecule has 0 fully saturated rings. The maximum Gasteiger partial charge on any atom is 0.131 e. The van der Waals surface area contributed by atoms with E-state index in [1.54, 1.807) is 6.07 Å². The Balaban J connectivity index is 2.01. The first kappa shape index (κ1) is 12.6. The molecule has 0 atom stereocenters. The molecule has 5 rings (SSSR count). The van der Waals surface area contributed by atoms with E-state index in [0.29, 0.717) is 5.56 Å². The van der Waals surface area contributed by atoms with Crippen molar-refractivity contribution in [1.82, 2.24) is 0 Å². The summed E-state index contributed by atoms with van der Waals surface area (Å²) in [6, 6.07) is 26.0. The summed E-state index contributed by atoms with van der Waals surface area (Å²) >= 11 is 0. The first-order valence-electron chi connectivity index (χ1n) is 7.74. The van der Waals surface area contributed by atoms with Crippen LogP contribution in [-0.4, -0.2) is 0 Å². The smallest absolute Gasteiger partial charge is 0.131 e. The van der Waals surface area contributed by atoms with Crippen molar-refractivity contribution in [1.29, 1.82) is 0 Å². The molecule has 0 aromatic heterocycles. The van der Waals surface area contributed by atoms with Crippen molar-refractivity contribution in [2.45, 2.75) is 0 Å². The zero-order chi connectivity index (χ0) is 15.4. The Kier molecular flexibility index (Phi) is 2.48. The van der Waals surface area contributed by atoms with Crippen LogP contribution in [0.1, 0.15) is 0 Å². The minimum absolute atomic E-state index is 0.178. The van der Waals surface area contributed by atoms with Gasteiger partial charge in [0.05, 0.1) is 0 Å². The second kappa shape index (κ2) is 4.53. The molecule has 0 saturated heterocycles. The summed E-state index contributed by atoms with van der Waals surface area (Å²) < 4.78 is 14.3. The van der Waals surface area contributed by atoms with E-state index in [4.69, 9.17) is 0 Å². The molecule has 108 valence electrons. The van der Waals surface area contributed by atoms with E-state index in [0.717, 1.165) is 10.9 Å². The topological polar surface area (TPSA) is 0 Å². The second-order valence-corrected chi connectivity index (χ2v) is 5.95. The number of halogens is 1. The first-order chi connectivity index (χ1) is 11.3. The van der Waals surface area contributed by atoms with Crippen LogP contribution >= 0.6 is 0 Å². The van der Waals surface area contributed by atoms with Crippen LogP contribution < -0.4 is 0 Å². The average molecular weight is 296 g/mol. The van der Waals surface area contributed by atoms with Gasteiger partial charge in [-0.25, -0.2) is 4.39 Å². The van der Waals surface area contributed by atoms with Gasteiger partial charge in [0, 0.05) is 5.56 Å². The molecule has 0 radical (unpaired) electrons. The summed E-state index contributed by atoms with van der Waals surface area (Å²) in [5.41, 5.74) is 1.61. The minimum atomic E-state index is -0.178. The molecule has 0 saturated carbocycles. The lowest BCUT2D eigenvalue weighted by atomic mass is 9.90. The third-order valence-corrected chi connectivity index (χ3v) is 4.69. The fourth-order valence-corrected chi connectivity index (χ4v) is 3.65. The normalized spacial score (nSPS) is 11.7. The van der Waals surface area contributed by atoms with Gasteiger partial charge in [-0.3, -0.25) is 0 Å². The van der Waals surface area contributed by atoms with Gasteiger partial charge in [0.1, 0.15) is 5.82 Å². The van der Waals surface area contributed by atoms with Crippen LogP contribution in [0.3, 0.4) is 0 Å². The number of rotatable bonds is 1. The predicted octanol–water partition coefficient (Wildman–Crippen LogP) is 6.39. The molecule has 0 heterocycles. The highest BCUT2D eigenvalue weighted by atomic mass is 19.1. The zero-order valence-corrected chi connectivity index (χ0v) is 12.4. The third-order valence-electron chi connectivity index (χ3n) is 4.69. The first-order valence-corrected chi connectivity index (χ1v) is 7.74. The summed E-state index contributed by atoms with van der Waals surface area (Å²) in [7, 11) is 0. The summed E-state index contributed by atoms with van der Waals surface area (Å²) in [5, 5.41) is 7.25. The summed E-state index contributed by atoms with van der Waals surface area (Å²) in [6.45, 7) is 0. The van der Waals surface area contributed by atoms with Gasteiger partial charge in [0.2, 0.25) is 0 Å². The maximum absolute atomic E-state index is 14.3. The monoisotopic (exact) mass is 296 g/mol. The Bertz CT molecular complexity index is 1150. The molecule has 5 aromatic carbocycles.